The van der Waals surface area contributed by atoms with Crippen LogP contribution >= 0.6 is 12.6 Å². The van der Waals surface area contributed by atoms with Crippen LogP contribution in [0.3, 0.4) is 0 Å². The van der Waals surface area contributed by atoms with Gasteiger partial charge in [0.2, 0.25) is 0 Å². The van der Waals surface area contributed by atoms with Crippen molar-refractivity contribution in [2.75, 3.05) is 26.2 Å². The molecular formula is C10H16N2OS. The molecule has 1 amide bonds. The van der Waals surface area contributed by atoms with Gasteiger partial charge in [0, 0.05) is 26.2 Å². The zero-order valence-electron chi connectivity index (χ0n) is 8.36. The average Bonchev–Trinajstić information content (AvgIpc) is 2.26. The van der Waals surface area contributed by atoms with Crippen molar-refractivity contribution in [3.63, 3.8) is 0 Å². The molecule has 0 aromatic rings. The fraction of sp³-hybridized carbons (Fsp3) is 0.500. The summed E-state index contributed by atoms with van der Waals surface area (Å²) in [5.41, 5.74) is 0. The first-order valence-corrected chi connectivity index (χ1v) is 5.22. The number of amides is 1. The van der Waals surface area contributed by atoms with Gasteiger partial charge in [-0.05, 0) is 13.0 Å². The van der Waals surface area contributed by atoms with Gasteiger partial charge in [0.05, 0.1) is 4.91 Å². The van der Waals surface area contributed by atoms with Crippen LogP contribution in [-0.4, -0.2) is 37.0 Å². The molecule has 4 heteroatoms. The third kappa shape index (κ3) is 3.20. The van der Waals surface area contributed by atoms with Gasteiger partial charge in [-0.15, -0.1) is 12.6 Å². The molecular weight excluding hydrogens is 196 g/mol. The molecule has 0 atom stereocenters. The molecule has 1 aliphatic rings. The van der Waals surface area contributed by atoms with E-state index in [0.29, 0.717) is 4.91 Å². The van der Waals surface area contributed by atoms with Crippen molar-refractivity contribution < 1.29 is 4.79 Å². The molecule has 1 aliphatic heterocycles. The van der Waals surface area contributed by atoms with E-state index < -0.39 is 0 Å². The van der Waals surface area contributed by atoms with Crippen molar-refractivity contribution in [2.45, 2.75) is 6.92 Å². The Bertz CT molecular complexity index is 255. The zero-order valence-corrected chi connectivity index (χ0v) is 9.26. The summed E-state index contributed by atoms with van der Waals surface area (Å²) < 4.78 is 0. The Balaban J connectivity index is 2.54. The molecule has 0 unspecified atom stereocenters. The van der Waals surface area contributed by atoms with Gasteiger partial charge in [0.25, 0.3) is 5.91 Å². The van der Waals surface area contributed by atoms with Gasteiger partial charge in [-0.2, -0.15) is 0 Å². The molecule has 0 saturated carbocycles. The van der Waals surface area contributed by atoms with Gasteiger partial charge >= 0.3 is 0 Å². The molecule has 0 aliphatic carbocycles. The highest BCUT2D eigenvalue weighted by Gasteiger charge is 2.17. The van der Waals surface area contributed by atoms with Crippen LogP contribution in [0.25, 0.3) is 0 Å². The average molecular weight is 212 g/mol. The number of piperazine rings is 1. The molecule has 0 aromatic heterocycles. The van der Waals surface area contributed by atoms with Gasteiger partial charge < -0.3 is 10.2 Å². The summed E-state index contributed by atoms with van der Waals surface area (Å²) >= 11 is 4.17. The quantitative estimate of drug-likeness (QED) is 0.403. The molecule has 0 radical (unpaired) electrons. The van der Waals surface area contributed by atoms with Crippen LogP contribution in [0.15, 0.2) is 23.1 Å². The molecule has 1 fully saturated rings. The third-order valence-electron chi connectivity index (χ3n) is 2.07. The highest BCUT2D eigenvalue weighted by Crippen LogP contribution is 2.07. The number of rotatable bonds is 2. The second kappa shape index (κ2) is 5.88. The van der Waals surface area contributed by atoms with E-state index in [1.807, 2.05) is 24.0 Å². The Morgan fingerprint density at radius 2 is 2.07 bits per heavy atom. The summed E-state index contributed by atoms with van der Waals surface area (Å²) in [6.45, 7) is 5.19. The lowest BCUT2D eigenvalue weighted by molar-refractivity contribution is -0.126. The van der Waals surface area contributed by atoms with Crippen LogP contribution in [0.2, 0.25) is 0 Å². The summed E-state index contributed by atoms with van der Waals surface area (Å²) in [5.74, 6) is 0.0212. The predicted octanol–water partition coefficient (Wildman–Crippen LogP) is 0.808. The normalized spacial score (nSPS) is 19.0. The molecule has 0 spiro atoms. The van der Waals surface area contributed by atoms with Crippen LogP contribution in [0.1, 0.15) is 6.92 Å². The van der Waals surface area contributed by atoms with Crippen LogP contribution in [0.4, 0.5) is 0 Å². The van der Waals surface area contributed by atoms with Gasteiger partial charge in [0.1, 0.15) is 0 Å². The van der Waals surface area contributed by atoms with E-state index in [1.165, 1.54) is 0 Å². The topological polar surface area (TPSA) is 32.3 Å². The minimum absolute atomic E-state index is 0.0212. The van der Waals surface area contributed by atoms with Gasteiger partial charge in [-0.3, -0.25) is 4.79 Å². The summed E-state index contributed by atoms with van der Waals surface area (Å²) in [5, 5.41) is 3.20. The number of thiol groups is 1. The number of nitrogens with zero attached hydrogens (tertiary/aromatic N) is 1. The van der Waals surface area contributed by atoms with Crippen molar-refractivity contribution in [3.05, 3.63) is 23.1 Å². The van der Waals surface area contributed by atoms with Gasteiger partial charge in [0.15, 0.2) is 0 Å². The molecule has 1 heterocycles. The van der Waals surface area contributed by atoms with E-state index >= 15 is 0 Å². The van der Waals surface area contributed by atoms with E-state index in [4.69, 9.17) is 0 Å². The minimum atomic E-state index is 0.0212. The van der Waals surface area contributed by atoms with Crippen molar-refractivity contribution in [1.82, 2.24) is 10.2 Å². The maximum absolute atomic E-state index is 11.7. The van der Waals surface area contributed by atoms with E-state index in [2.05, 4.69) is 17.9 Å². The van der Waals surface area contributed by atoms with Crippen molar-refractivity contribution >= 4 is 18.5 Å². The first kappa shape index (κ1) is 11.3. The first-order valence-electron chi connectivity index (χ1n) is 4.77. The minimum Gasteiger partial charge on any atom is -0.336 e. The fourth-order valence-electron chi connectivity index (χ4n) is 1.29. The molecule has 14 heavy (non-hydrogen) atoms. The van der Waals surface area contributed by atoms with Crippen LogP contribution in [-0.2, 0) is 4.79 Å². The first-order chi connectivity index (χ1) is 6.75. The Labute approximate surface area is 90.3 Å². The van der Waals surface area contributed by atoms with Crippen LogP contribution in [0.5, 0.6) is 0 Å². The maximum atomic E-state index is 11.7. The third-order valence-corrected chi connectivity index (χ3v) is 2.41. The fourth-order valence-corrected chi connectivity index (χ4v) is 1.52. The number of carbonyl (C=O) groups is 1. The predicted molar refractivity (Wildman–Crippen MR) is 61.3 cm³/mol. The maximum Gasteiger partial charge on any atom is 0.260 e. The lowest BCUT2D eigenvalue weighted by atomic mass is 10.3. The van der Waals surface area contributed by atoms with E-state index in [1.54, 1.807) is 6.08 Å². The highest BCUT2D eigenvalue weighted by molar-refractivity contribution is 7.85. The Morgan fingerprint density at radius 3 is 2.64 bits per heavy atom. The Kier molecular flexibility index (Phi) is 4.76. The summed E-state index contributed by atoms with van der Waals surface area (Å²) in [7, 11) is 0. The SMILES string of the molecule is C/C=C\C=C(/S)C(=O)N1CCNCC1. The Morgan fingerprint density at radius 1 is 1.43 bits per heavy atom. The van der Waals surface area contributed by atoms with Crippen molar-refractivity contribution in [2.24, 2.45) is 0 Å². The number of carbonyl (C=O) groups excluding carboxylic acids is 1. The number of hydrogen-bond donors (Lipinski definition) is 2. The smallest absolute Gasteiger partial charge is 0.260 e. The van der Waals surface area contributed by atoms with E-state index in [0.717, 1.165) is 26.2 Å². The van der Waals surface area contributed by atoms with Crippen LogP contribution < -0.4 is 5.32 Å². The molecule has 3 nitrogen and oxygen atoms in total. The largest absolute Gasteiger partial charge is 0.336 e. The molecule has 1 saturated heterocycles. The summed E-state index contributed by atoms with van der Waals surface area (Å²) in [6, 6.07) is 0. The van der Waals surface area contributed by atoms with E-state index in [9.17, 15) is 4.79 Å². The lowest BCUT2D eigenvalue weighted by Gasteiger charge is -2.27. The monoisotopic (exact) mass is 212 g/mol. The molecule has 1 N–H and O–H groups in total. The number of nitrogens with one attached hydrogen (secondary N) is 1. The zero-order chi connectivity index (χ0) is 10.4. The molecule has 0 bridgehead atoms. The number of hydrogen-bond acceptors (Lipinski definition) is 3. The lowest BCUT2D eigenvalue weighted by Crippen LogP contribution is -2.46. The summed E-state index contributed by atoms with van der Waals surface area (Å²) in [6.07, 6.45) is 5.43. The standard InChI is InChI=1S/C10H16N2OS/c1-2-3-4-9(14)10(13)12-7-5-11-6-8-12/h2-4,11,14H,5-8H2,1H3/b3-2-,9-4-. The number of allylic oxidation sites excluding steroid dienone is 3. The molecule has 78 valence electrons. The van der Waals surface area contributed by atoms with Crippen molar-refractivity contribution in [1.29, 1.82) is 0 Å². The van der Waals surface area contributed by atoms with Crippen molar-refractivity contribution in [3.8, 4) is 0 Å². The highest BCUT2D eigenvalue weighted by atomic mass is 32.1. The van der Waals surface area contributed by atoms with Gasteiger partial charge in [-0.25, -0.2) is 0 Å². The van der Waals surface area contributed by atoms with E-state index in [-0.39, 0.29) is 5.91 Å². The summed E-state index contributed by atoms with van der Waals surface area (Å²) in [4.78, 5) is 14.0. The van der Waals surface area contributed by atoms with Gasteiger partial charge in [-0.1, -0.05) is 12.2 Å². The van der Waals surface area contributed by atoms with Crippen LogP contribution in [0, 0.1) is 0 Å². The second-order valence-corrected chi connectivity index (χ2v) is 3.60. The second-order valence-electron chi connectivity index (χ2n) is 3.12. The molecule has 1 rings (SSSR count). The Hall–Kier alpha value is -0.740. The molecule has 0 aromatic carbocycles.